The number of rotatable bonds is 0. The van der Waals surface area contributed by atoms with Crippen molar-refractivity contribution in [1.82, 2.24) is 0 Å². The van der Waals surface area contributed by atoms with Crippen molar-refractivity contribution < 1.29 is 4.74 Å². The molecule has 0 bridgehead atoms. The quantitative estimate of drug-likeness (QED) is 0.458. The highest BCUT2D eigenvalue weighted by Crippen LogP contribution is 1.36. The molecule has 0 unspecified atom stereocenters. The molecule has 0 aromatic rings. The minimum atomic E-state index is 0.417. The van der Waals surface area contributed by atoms with Gasteiger partial charge in [-0.15, -0.1) is 12.3 Å². The van der Waals surface area contributed by atoms with Gasteiger partial charge in [-0.25, -0.2) is 0 Å². The van der Waals surface area contributed by atoms with Crippen LogP contribution in [0.15, 0.2) is 12.3 Å². The highest BCUT2D eigenvalue weighted by atomic mass is 28.2. The van der Waals surface area contributed by atoms with Gasteiger partial charge in [-0.2, -0.15) is 0 Å². The number of hydrogen-bond acceptors (Lipinski definition) is 1. The van der Waals surface area contributed by atoms with Crippen molar-refractivity contribution >= 4 is 19.8 Å². The summed E-state index contributed by atoms with van der Waals surface area (Å²) in [4.78, 5) is 0. The first kappa shape index (κ1) is 16.1. The zero-order valence-corrected chi connectivity index (χ0v) is 10.8. The summed E-state index contributed by atoms with van der Waals surface area (Å²) in [5.41, 5.74) is 1.89. The molecule has 0 N–H and O–H groups in total. The lowest BCUT2D eigenvalue weighted by molar-refractivity contribution is 0.277. The van der Waals surface area contributed by atoms with Crippen molar-refractivity contribution in [2.24, 2.45) is 0 Å². The average Bonchev–Trinajstić information content (AvgIpc) is 1.70. The van der Waals surface area contributed by atoms with E-state index in [1.165, 1.54) is 0 Å². The second-order valence-corrected chi connectivity index (χ2v) is 3.75. The molecule has 58 valence electrons. The normalized spacial score (nSPS) is 5.78. The maximum absolute atomic E-state index is 4.25. The number of hydrogen-bond donors (Lipinski definition) is 0. The van der Waals surface area contributed by atoms with Crippen LogP contribution in [0.2, 0.25) is 13.1 Å². The van der Waals surface area contributed by atoms with Crippen molar-refractivity contribution in [3.8, 4) is 0 Å². The highest BCUT2D eigenvalue weighted by molar-refractivity contribution is 6.31. The van der Waals surface area contributed by atoms with Crippen LogP contribution in [-0.2, 0) is 4.74 Å². The molecule has 0 amide bonds. The van der Waals surface area contributed by atoms with Crippen LogP contribution < -0.4 is 0 Å². The third-order valence-corrected chi connectivity index (χ3v) is 0. The zero-order chi connectivity index (χ0) is 8.12. The second-order valence-electron chi connectivity index (χ2n) is 1.52. The fourth-order valence-corrected chi connectivity index (χ4v) is 0. The first-order valence-corrected chi connectivity index (χ1v) is 7.20. The average molecular weight is 164 g/mol. The van der Waals surface area contributed by atoms with E-state index < -0.39 is 0 Å². The molecule has 0 aromatic heterocycles. The van der Waals surface area contributed by atoms with Gasteiger partial charge < -0.3 is 4.74 Å². The zero-order valence-electron chi connectivity index (χ0n) is 7.40. The largest absolute Gasteiger partial charge is 0.388 e. The summed E-state index contributed by atoms with van der Waals surface area (Å²) in [5, 5.41) is 0. The van der Waals surface area contributed by atoms with Gasteiger partial charge in [0.2, 0.25) is 0 Å². The Labute approximate surface area is 64.7 Å². The van der Waals surface area contributed by atoms with Crippen LogP contribution in [0.5, 0.6) is 0 Å². The van der Waals surface area contributed by atoms with Crippen LogP contribution in [0.3, 0.4) is 0 Å². The number of methoxy groups -OCH3 is 1. The summed E-state index contributed by atoms with van der Waals surface area (Å²) in [5.74, 6) is 0. The Bertz CT molecular complexity index is 30.2. The molecule has 0 fully saturated rings. The molecule has 0 rings (SSSR count). The highest BCUT2D eigenvalue weighted by Gasteiger charge is 1.38. The summed E-state index contributed by atoms with van der Waals surface area (Å²) >= 11 is 0. The standard InChI is InChI=1S/C2H6O.C2H8Si.C2H6Si/c2*1-3-2;1-2-3/h1-2H3;3H2,1-2H3;2H,1H2,3H3. The molecule has 0 aliphatic rings. The third-order valence-electron chi connectivity index (χ3n) is 0. The molecule has 0 heterocycles. The molecule has 9 heavy (non-hydrogen) atoms. The van der Waals surface area contributed by atoms with E-state index in [2.05, 4.69) is 24.4 Å². The van der Waals surface area contributed by atoms with E-state index in [1.807, 2.05) is 5.70 Å². The van der Waals surface area contributed by atoms with Crippen molar-refractivity contribution in [1.29, 1.82) is 0 Å². The molecule has 0 saturated carbocycles. The molecule has 0 aliphatic heterocycles. The molecule has 3 heteroatoms. The molecular formula is C6H20OSi2. The third kappa shape index (κ3) is 17100. The van der Waals surface area contributed by atoms with Crippen molar-refractivity contribution in [2.75, 3.05) is 14.2 Å². The predicted octanol–water partition coefficient (Wildman–Crippen LogP) is 0.00930. The molecule has 0 radical (unpaired) electrons. The molecule has 0 saturated heterocycles. The molecule has 1 nitrogen and oxygen atoms in total. The second kappa shape index (κ2) is 42.1. The van der Waals surface area contributed by atoms with Gasteiger partial charge in [-0.05, 0) is 0 Å². The fourth-order valence-electron chi connectivity index (χ4n) is 0. The molecule has 0 atom stereocenters. The minimum absolute atomic E-state index is 0.417. The van der Waals surface area contributed by atoms with Gasteiger partial charge in [0, 0.05) is 34.0 Å². The maximum Gasteiger partial charge on any atom is 0.0351 e. The van der Waals surface area contributed by atoms with Gasteiger partial charge in [0.1, 0.15) is 0 Å². The SMILES string of the molecule is C=C[SiH3].COC.C[SiH2]C. The van der Waals surface area contributed by atoms with Gasteiger partial charge in [0.05, 0.1) is 0 Å². The smallest absolute Gasteiger partial charge is 0.0351 e. The van der Waals surface area contributed by atoms with Crippen LogP contribution in [0.4, 0.5) is 0 Å². The van der Waals surface area contributed by atoms with E-state index in [9.17, 15) is 0 Å². The Kier molecular flexibility index (Phi) is 75.2. The van der Waals surface area contributed by atoms with E-state index in [0.717, 1.165) is 10.2 Å². The fraction of sp³-hybridized carbons (Fsp3) is 0.667. The lowest BCUT2D eigenvalue weighted by Gasteiger charge is -1.61. The van der Waals surface area contributed by atoms with Gasteiger partial charge in [0.25, 0.3) is 0 Å². The summed E-state index contributed by atoms with van der Waals surface area (Å²) in [6.45, 7) is 7.95. The molecule has 0 aromatic carbocycles. The Balaban J connectivity index is -0.0000000600. The summed E-state index contributed by atoms with van der Waals surface area (Å²) in [6.07, 6.45) is 0. The van der Waals surface area contributed by atoms with E-state index in [-0.39, 0.29) is 0 Å². The monoisotopic (exact) mass is 164 g/mol. The Hall–Kier alpha value is 0.134. The van der Waals surface area contributed by atoms with E-state index >= 15 is 0 Å². The predicted molar refractivity (Wildman–Crippen MR) is 53.3 cm³/mol. The van der Waals surface area contributed by atoms with Gasteiger partial charge in [0.15, 0.2) is 0 Å². The minimum Gasteiger partial charge on any atom is -0.388 e. The van der Waals surface area contributed by atoms with Gasteiger partial charge in [-0.3, -0.25) is 0 Å². The molecule has 0 spiro atoms. The Morgan fingerprint density at radius 1 is 1.44 bits per heavy atom. The topological polar surface area (TPSA) is 9.23 Å². The number of ether oxygens (including phenoxy) is 1. The van der Waals surface area contributed by atoms with E-state index in [0.29, 0.717) is 9.52 Å². The van der Waals surface area contributed by atoms with Crippen molar-refractivity contribution in [3.05, 3.63) is 12.3 Å². The Morgan fingerprint density at radius 2 is 1.44 bits per heavy atom. The van der Waals surface area contributed by atoms with Crippen LogP contribution in [-0.4, -0.2) is 34.0 Å². The Morgan fingerprint density at radius 3 is 1.44 bits per heavy atom. The maximum atomic E-state index is 4.25. The van der Waals surface area contributed by atoms with Crippen molar-refractivity contribution in [2.45, 2.75) is 13.1 Å². The van der Waals surface area contributed by atoms with E-state index in [4.69, 9.17) is 0 Å². The van der Waals surface area contributed by atoms with Crippen molar-refractivity contribution in [3.63, 3.8) is 0 Å². The first-order chi connectivity index (χ1) is 4.24. The van der Waals surface area contributed by atoms with Gasteiger partial charge in [-0.1, -0.05) is 13.1 Å². The van der Waals surface area contributed by atoms with Crippen LogP contribution in [0.25, 0.3) is 0 Å². The van der Waals surface area contributed by atoms with Crippen LogP contribution in [0.1, 0.15) is 0 Å². The van der Waals surface area contributed by atoms with Crippen LogP contribution in [0, 0.1) is 0 Å². The van der Waals surface area contributed by atoms with E-state index in [1.54, 1.807) is 14.2 Å². The molecule has 0 aliphatic carbocycles. The summed E-state index contributed by atoms with van der Waals surface area (Å²) in [7, 11) is 4.80. The lowest BCUT2D eigenvalue weighted by atomic mass is 11.3. The first-order valence-electron chi connectivity index (χ1n) is 3.22. The summed E-state index contributed by atoms with van der Waals surface area (Å²) in [6, 6.07) is 0. The lowest BCUT2D eigenvalue weighted by Crippen LogP contribution is -1.55. The molecular weight excluding hydrogens is 144 g/mol. The van der Waals surface area contributed by atoms with Gasteiger partial charge >= 0.3 is 0 Å². The van der Waals surface area contributed by atoms with Crippen LogP contribution >= 0.6 is 0 Å². The summed E-state index contributed by atoms with van der Waals surface area (Å²) < 4.78 is 4.25.